The maximum absolute atomic E-state index is 5.24. The highest BCUT2D eigenvalue weighted by Gasteiger charge is 2.23. The van der Waals surface area contributed by atoms with E-state index < -0.39 is 0 Å². The van der Waals surface area contributed by atoms with Gasteiger partial charge in [0, 0.05) is 25.7 Å². The van der Waals surface area contributed by atoms with Gasteiger partial charge in [0.2, 0.25) is 0 Å². The van der Waals surface area contributed by atoms with E-state index >= 15 is 0 Å². The van der Waals surface area contributed by atoms with Gasteiger partial charge in [0.1, 0.15) is 0 Å². The number of hydrogen-bond acceptors (Lipinski definition) is 3. The average Bonchev–Trinajstić information content (AvgIpc) is 2.96. The van der Waals surface area contributed by atoms with Gasteiger partial charge < -0.3 is 10.1 Å². The fourth-order valence-corrected chi connectivity index (χ4v) is 1.66. The molecule has 1 unspecified atom stereocenters. The molecule has 0 heterocycles. The van der Waals surface area contributed by atoms with E-state index in [-0.39, 0.29) is 0 Å². The molecular formula is C11H24N2O. The van der Waals surface area contributed by atoms with Gasteiger partial charge in [0.25, 0.3) is 0 Å². The number of rotatable bonds is 8. The van der Waals surface area contributed by atoms with Crippen molar-refractivity contribution in [2.45, 2.75) is 38.3 Å². The van der Waals surface area contributed by atoms with Crippen LogP contribution in [-0.2, 0) is 4.74 Å². The minimum atomic E-state index is 0.528. The van der Waals surface area contributed by atoms with Crippen LogP contribution in [0.15, 0.2) is 0 Å². The first-order valence-electron chi connectivity index (χ1n) is 5.70. The number of methoxy groups -OCH3 is 1. The van der Waals surface area contributed by atoms with E-state index in [4.69, 9.17) is 4.74 Å². The first-order valence-corrected chi connectivity index (χ1v) is 5.70. The first-order chi connectivity index (χ1) is 6.77. The molecule has 0 amide bonds. The molecule has 0 aromatic carbocycles. The van der Waals surface area contributed by atoms with Crippen LogP contribution in [0.3, 0.4) is 0 Å². The lowest BCUT2D eigenvalue weighted by Gasteiger charge is -2.27. The van der Waals surface area contributed by atoms with E-state index in [1.54, 1.807) is 7.11 Å². The fourth-order valence-electron chi connectivity index (χ4n) is 1.66. The number of nitrogens with zero attached hydrogens (tertiary/aromatic N) is 1. The lowest BCUT2D eigenvalue weighted by Crippen LogP contribution is -2.43. The second kappa shape index (κ2) is 6.38. The summed E-state index contributed by atoms with van der Waals surface area (Å²) in [6, 6.07) is 1.32. The van der Waals surface area contributed by atoms with Crippen LogP contribution in [0.1, 0.15) is 26.2 Å². The second-order valence-corrected chi connectivity index (χ2v) is 4.27. The van der Waals surface area contributed by atoms with E-state index in [0.717, 1.165) is 25.7 Å². The third kappa shape index (κ3) is 4.40. The Morgan fingerprint density at radius 2 is 2.21 bits per heavy atom. The quantitative estimate of drug-likeness (QED) is 0.635. The molecule has 1 aliphatic rings. The van der Waals surface area contributed by atoms with E-state index in [2.05, 4.69) is 24.2 Å². The van der Waals surface area contributed by atoms with E-state index in [1.165, 1.54) is 19.3 Å². The molecule has 1 saturated carbocycles. The van der Waals surface area contributed by atoms with Crippen molar-refractivity contribution in [3.05, 3.63) is 0 Å². The Kier molecular flexibility index (Phi) is 5.45. The monoisotopic (exact) mass is 200 g/mol. The first kappa shape index (κ1) is 12.0. The molecule has 3 heteroatoms. The molecule has 1 atom stereocenters. The van der Waals surface area contributed by atoms with Gasteiger partial charge in [-0.2, -0.15) is 0 Å². The summed E-state index contributed by atoms with van der Waals surface area (Å²) in [4.78, 5) is 2.39. The third-order valence-electron chi connectivity index (χ3n) is 2.78. The molecule has 0 spiro atoms. The summed E-state index contributed by atoms with van der Waals surface area (Å²) in [5.74, 6) is 0. The molecule has 0 saturated heterocycles. The number of nitrogens with one attached hydrogen (secondary N) is 1. The van der Waals surface area contributed by atoms with Gasteiger partial charge in [0.15, 0.2) is 0 Å². The standard InChI is InChI=1S/C11H24N2O/c1-4-7-13(2)11(9-14-3)8-12-10-5-6-10/h10-12H,4-9H2,1-3H3. The molecule has 84 valence electrons. The van der Waals surface area contributed by atoms with Crippen molar-refractivity contribution in [3.8, 4) is 0 Å². The van der Waals surface area contributed by atoms with Crippen LogP contribution in [0.5, 0.6) is 0 Å². The Labute approximate surface area is 87.8 Å². The average molecular weight is 200 g/mol. The largest absolute Gasteiger partial charge is 0.383 e. The van der Waals surface area contributed by atoms with Crippen LogP contribution in [0.2, 0.25) is 0 Å². The number of hydrogen-bond donors (Lipinski definition) is 1. The van der Waals surface area contributed by atoms with E-state index in [1.807, 2.05) is 0 Å². The fraction of sp³-hybridized carbons (Fsp3) is 1.00. The van der Waals surface area contributed by atoms with Crippen molar-refractivity contribution in [3.63, 3.8) is 0 Å². The van der Waals surface area contributed by atoms with E-state index in [9.17, 15) is 0 Å². The van der Waals surface area contributed by atoms with Gasteiger partial charge in [-0.1, -0.05) is 6.92 Å². The summed E-state index contributed by atoms with van der Waals surface area (Å²) < 4.78 is 5.24. The Morgan fingerprint density at radius 1 is 1.50 bits per heavy atom. The lowest BCUT2D eigenvalue weighted by molar-refractivity contribution is 0.105. The van der Waals surface area contributed by atoms with Crippen molar-refractivity contribution in [1.82, 2.24) is 10.2 Å². The zero-order valence-electron chi connectivity index (χ0n) is 9.75. The van der Waals surface area contributed by atoms with Crippen molar-refractivity contribution in [2.24, 2.45) is 0 Å². The summed E-state index contributed by atoms with van der Waals surface area (Å²) in [6.07, 6.45) is 3.93. The summed E-state index contributed by atoms with van der Waals surface area (Å²) >= 11 is 0. The highest BCUT2D eigenvalue weighted by Crippen LogP contribution is 2.18. The van der Waals surface area contributed by atoms with Crippen LogP contribution >= 0.6 is 0 Å². The molecule has 1 aliphatic carbocycles. The second-order valence-electron chi connectivity index (χ2n) is 4.27. The van der Waals surface area contributed by atoms with Gasteiger partial charge >= 0.3 is 0 Å². The molecule has 1 fully saturated rings. The summed E-state index contributed by atoms with van der Waals surface area (Å²) in [5, 5.41) is 3.56. The van der Waals surface area contributed by atoms with Gasteiger partial charge in [-0.15, -0.1) is 0 Å². The number of likely N-dealkylation sites (N-methyl/N-ethyl adjacent to an activating group) is 1. The minimum Gasteiger partial charge on any atom is -0.383 e. The third-order valence-corrected chi connectivity index (χ3v) is 2.78. The molecule has 0 bridgehead atoms. The SMILES string of the molecule is CCCN(C)C(CNC1CC1)COC. The zero-order valence-corrected chi connectivity index (χ0v) is 9.75. The summed E-state index contributed by atoms with van der Waals surface area (Å²) in [7, 11) is 3.96. The topological polar surface area (TPSA) is 24.5 Å². The van der Waals surface area contributed by atoms with Crippen molar-refractivity contribution < 1.29 is 4.74 Å². The normalized spacial score (nSPS) is 18.9. The molecule has 1 rings (SSSR count). The zero-order chi connectivity index (χ0) is 10.4. The molecule has 14 heavy (non-hydrogen) atoms. The maximum atomic E-state index is 5.24. The molecule has 0 radical (unpaired) electrons. The maximum Gasteiger partial charge on any atom is 0.0630 e. The van der Waals surface area contributed by atoms with Crippen molar-refractivity contribution >= 4 is 0 Å². The summed E-state index contributed by atoms with van der Waals surface area (Å²) in [5.41, 5.74) is 0. The van der Waals surface area contributed by atoms with Crippen molar-refractivity contribution in [1.29, 1.82) is 0 Å². The Bertz CT molecular complexity index is 148. The molecule has 0 aromatic rings. The van der Waals surface area contributed by atoms with Crippen LogP contribution in [0, 0.1) is 0 Å². The van der Waals surface area contributed by atoms with Gasteiger partial charge in [0.05, 0.1) is 6.61 Å². The highest BCUT2D eigenvalue weighted by atomic mass is 16.5. The number of ether oxygens (including phenoxy) is 1. The van der Waals surface area contributed by atoms with Crippen LogP contribution in [-0.4, -0.2) is 50.8 Å². The minimum absolute atomic E-state index is 0.528. The van der Waals surface area contributed by atoms with Crippen LogP contribution < -0.4 is 5.32 Å². The molecule has 0 aliphatic heterocycles. The summed E-state index contributed by atoms with van der Waals surface area (Å²) in [6.45, 7) is 5.26. The van der Waals surface area contributed by atoms with Crippen molar-refractivity contribution in [2.75, 3.05) is 33.9 Å². The van der Waals surface area contributed by atoms with Crippen LogP contribution in [0.25, 0.3) is 0 Å². The Morgan fingerprint density at radius 3 is 2.71 bits per heavy atom. The predicted molar refractivity (Wildman–Crippen MR) is 59.6 cm³/mol. The van der Waals surface area contributed by atoms with Gasteiger partial charge in [-0.25, -0.2) is 0 Å². The van der Waals surface area contributed by atoms with Crippen LogP contribution in [0.4, 0.5) is 0 Å². The van der Waals surface area contributed by atoms with Gasteiger partial charge in [-0.05, 0) is 32.9 Å². The van der Waals surface area contributed by atoms with E-state index in [0.29, 0.717) is 6.04 Å². The molecule has 0 aromatic heterocycles. The molecule has 3 nitrogen and oxygen atoms in total. The van der Waals surface area contributed by atoms with Gasteiger partial charge in [-0.3, -0.25) is 4.90 Å². The predicted octanol–water partition coefficient (Wildman–Crippen LogP) is 1.10. The lowest BCUT2D eigenvalue weighted by atomic mass is 10.2. The Hall–Kier alpha value is -0.120. The Balaban J connectivity index is 2.20. The smallest absolute Gasteiger partial charge is 0.0630 e. The highest BCUT2D eigenvalue weighted by molar-refractivity contribution is 4.83. The molecule has 1 N–H and O–H groups in total. The molecular weight excluding hydrogens is 176 g/mol.